The minimum Gasteiger partial charge on any atom is -0.480 e. The topological polar surface area (TPSA) is 101 Å². The fourth-order valence-corrected chi connectivity index (χ4v) is 3.81. The number of aromatic amines is 2. The first-order valence-electron chi connectivity index (χ1n) is 9.30. The van der Waals surface area contributed by atoms with Crippen molar-refractivity contribution < 1.29 is 9.90 Å². The van der Waals surface area contributed by atoms with Gasteiger partial charge in [0, 0.05) is 37.3 Å². The van der Waals surface area contributed by atoms with Gasteiger partial charge in [-0.3, -0.25) is 14.8 Å². The van der Waals surface area contributed by atoms with E-state index in [9.17, 15) is 4.79 Å². The van der Waals surface area contributed by atoms with Crippen LogP contribution in [0, 0.1) is 0 Å². The molecule has 142 valence electrons. The molecule has 0 atom stereocenters. The number of para-hydroxylation sites is 1. The van der Waals surface area contributed by atoms with Crippen LogP contribution in [0.2, 0.25) is 0 Å². The Kier molecular flexibility index (Phi) is 3.98. The van der Waals surface area contributed by atoms with Gasteiger partial charge in [0.25, 0.3) is 0 Å². The van der Waals surface area contributed by atoms with E-state index in [0.29, 0.717) is 0 Å². The van der Waals surface area contributed by atoms with Gasteiger partial charge in [0.15, 0.2) is 5.82 Å². The van der Waals surface area contributed by atoms with Crippen LogP contribution >= 0.6 is 0 Å². The lowest BCUT2D eigenvalue weighted by Crippen LogP contribution is -2.47. The van der Waals surface area contributed by atoms with Gasteiger partial charge in [-0.2, -0.15) is 5.10 Å². The van der Waals surface area contributed by atoms with E-state index in [1.165, 1.54) is 0 Å². The van der Waals surface area contributed by atoms with Crippen LogP contribution in [0.3, 0.4) is 0 Å². The van der Waals surface area contributed by atoms with Crippen molar-refractivity contribution in [3.8, 4) is 11.5 Å². The molecule has 2 aromatic heterocycles. The number of piperazine rings is 1. The second-order valence-corrected chi connectivity index (χ2v) is 7.06. The SMILES string of the molecule is O=C(O)CN1CCN(c2ccc3nc(-c4n[nH]c5ccccc45)[nH]c3c2)CC1. The third-order valence-corrected chi connectivity index (χ3v) is 5.26. The molecule has 8 heteroatoms. The number of imidazole rings is 1. The molecule has 3 heterocycles. The smallest absolute Gasteiger partial charge is 0.317 e. The van der Waals surface area contributed by atoms with E-state index in [1.807, 2.05) is 35.2 Å². The van der Waals surface area contributed by atoms with Gasteiger partial charge in [0.2, 0.25) is 0 Å². The highest BCUT2D eigenvalue weighted by molar-refractivity contribution is 5.93. The summed E-state index contributed by atoms with van der Waals surface area (Å²) in [5.74, 6) is -0.0263. The summed E-state index contributed by atoms with van der Waals surface area (Å²) < 4.78 is 0. The molecule has 28 heavy (non-hydrogen) atoms. The van der Waals surface area contributed by atoms with E-state index >= 15 is 0 Å². The molecule has 1 aliphatic heterocycles. The van der Waals surface area contributed by atoms with Gasteiger partial charge in [0.05, 0.1) is 23.1 Å². The number of anilines is 1. The van der Waals surface area contributed by atoms with Crippen LogP contribution in [0.1, 0.15) is 0 Å². The Hall–Kier alpha value is -3.39. The molecule has 5 rings (SSSR count). The minimum atomic E-state index is -0.772. The lowest BCUT2D eigenvalue weighted by Gasteiger charge is -2.35. The summed E-state index contributed by atoms with van der Waals surface area (Å²) >= 11 is 0. The van der Waals surface area contributed by atoms with E-state index in [0.717, 1.165) is 65.3 Å². The number of nitrogens with one attached hydrogen (secondary N) is 2. The fraction of sp³-hybridized carbons (Fsp3) is 0.250. The van der Waals surface area contributed by atoms with Crippen LogP contribution < -0.4 is 4.90 Å². The third-order valence-electron chi connectivity index (χ3n) is 5.26. The number of rotatable bonds is 4. The molecule has 0 radical (unpaired) electrons. The van der Waals surface area contributed by atoms with Gasteiger partial charge < -0.3 is 15.0 Å². The molecule has 0 unspecified atom stereocenters. The van der Waals surface area contributed by atoms with Gasteiger partial charge in [-0.1, -0.05) is 18.2 Å². The summed E-state index contributed by atoms with van der Waals surface area (Å²) in [5, 5.41) is 17.4. The van der Waals surface area contributed by atoms with Crippen LogP contribution in [0.25, 0.3) is 33.5 Å². The van der Waals surface area contributed by atoms with Crippen molar-refractivity contribution in [1.29, 1.82) is 0 Å². The second kappa shape index (κ2) is 6.65. The molecule has 8 nitrogen and oxygen atoms in total. The molecular formula is C20H20N6O2. The Morgan fingerprint density at radius 2 is 1.89 bits per heavy atom. The number of carboxylic acids is 1. The van der Waals surface area contributed by atoms with Crippen LogP contribution in [-0.4, -0.2) is 68.9 Å². The summed E-state index contributed by atoms with van der Waals surface area (Å²) in [7, 11) is 0. The fourth-order valence-electron chi connectivity index (χ4n) is 3.81. The van der Waals surface area contributed by atoms with Crippen molar-refractivity contribution >= 4 is 33.6 Å². The standard InChI is InChI=1S/C20H20N6O2/c27-18(28)12-25-7-9-26(10-8-25)13-5-6-16-17(11-13)22-20(21-16)19-14-3-1-2-4-15(14)23-24-19/h1-6,11H,7-10,12H2,(H,21,22)(H,23,24)(H,27,28). The quantitative estimate of drug-likeness (QED) is 0.505. The monoisotopic (exact) mass is 376 g/mol. The maximum absolute atomic E-state index is 10.9. The van der Waals surface area contributed by atoms with Gasteiger partial charge >= 0.3 is 5.97 Å². The number of fused-ring (bicyclic) bond motifs is 2. The molecule has 0 spiro atoms. The zero-order valence-corrected chi connectivity index (χ0v) is 15.2. The van der Waals surface area contributed by atoms with Crippen molar-refractivity contribution in [1.82, 2.24) is 25.1 Å². The normalized spacial score (nSPS) is 15.5. The van der Waals surface area contributed by atoms with Crippen LogP contribution in [0.4, 0.5) is 5.69 Å². The summed E-state index contributed by atoms with van der Waals surface area (Å²) in [6, 6.07) is 14.2. The van der Waals surface area contributed by atoms with E-state index in [4.69, 9.17) is 10.1 Å². The highest BCUT2D eigenvalue weighted by Gasteiger charge is 2.20. The molecule has 0 aliphatic carbocycles. The maximum atomic E-state index is 10.9. The number of benzene rings is 2. The number of hydrogen-bond acceptors (Lipinski definition) is 5. The molecule has 1 aliphatic rings. The molecule has 1 saturated heterocycles. The number of carboxylic acid groups (broad SMARTS) is 1. The molecule has 2 aromatic carbocycles. The Bertz CT molecular complexity index is 1160. The zero-order chi connectivity index (χ0) is 19.1. The van der Waals surface area contributed by atoms with Gasteiger partial charge in [-0.05, 0) is 24.3 Å². The zero-order valence-electron chi connectivity index (χ0n) is 15.2. The average Bonchev–Trinajstić information content (AvgIpc) is 3.31. The lowest BCUT2D eigenvalue weighted by atomic mass is 10.2. The summed E-state index contributed by atoms with van der Waals surface area (Å²) in [4.78, 5) is 23.2. The number of nitrogens with zero attached hydrogens (tertiary/aromatic N) is 4. The van der Waals surface area contributed by atoms with Crippen molar-refractivity contribution in [3.05, 3.63) is 42.5 Å². The first kappa shape index (κ1) is 16.8. The second-order valence-electron chi connectivity index (χ2n) is 7.06. The summed E-state index contributed by atoms with van der Waals surface area (Å²) in [6.07, 6.45) is 0. The Morgan fingerprint density at radius 3 is 2.71 bits per heavy atom. The molecule has 0 saturated carbocycles. The Morgan fingerprint density at radius 1 is 1.07 bits per heavy atom. The third kappa shape index (κ3) is 2.97. The Labute approximate surface area is 160 Å². The van der Waals surface area contributed by atoms with E-state index in [-0.39, 0.29) is 6.54 Å². The molecule has 0 amide bonds. The van der Waals surface area contributed by atoms with E-state index in [1.54, 1.807) is 0 Å². The van der Waals surface area contributed by atoms with Gasteiger partial charge in [-0.15, -0.1) is 0 Å². The first-order chi connectivity index (χ1) is 13.7. The summed E-state index contributed by atoms with van der Waals surface area (Å²) in [6.45, 7) is 3.22. The Balaban J connectivity index is 1.41. The summed E-state index contributed by atoms with van der Waals surface area (Å²) in [5.41, 5.74) is 4.78. The van der Waals surface area contributed by atoms with Crippen molar-refractivity contribution in [2.45, 2.75) is 0 Å². The number of H-pyrrole nitrogens is 2. The van der Waals surface area contributed by atoms with Crippen LogP contribution in [-0.2, 0) is 4.79 Å². The van der Waals surface area contributed by atoms with Crippen LogP contribution in [0.15, 0.2) is 42.5 Å². The van der Waals surface area contributed by atoms with Crippen molar-refractivity contribution in [2.75, 3.05) is 37.6 Å². The van der Waals surface area contributed by atoms with Gasteiger partial charge in [-0.25, -0.2) is 4.98 Å². The first-order valence-corrected chi connectivity index (χ1v) is 9.30. The van der Waals surface area contributed by atoms with Gasteiger partial charge in [0.1, 0.15) is 5.69 Å². The average molecular weight is 376 g/mol. The number of aliphatic carboxylic acids is 1. The van der Waals surface area contributed by atoms with E-state index < -0.39 is 5.97 Å². The molecular weight excluding hydrogens is 356 g/mol. The largest absolute Gasteiger partial charge is 0.480 e. The highest BCUT2D eigenvalue weighted by Crippen LogP contribution is 2.28. The highest BCUT2D eigenvalue weighted by atomic mass is 16.4. The van der Waals surface area contributed by atoms with E-state index in [2.05, 4.69) is 32.2 Å². The number of aromatic nitrogens is 4. The predicted octanol–water partition coefficient (Wildman–Crippen LogP) is 2.31. The van der Waals surface area contributed by atoms with Crippen molar-refractivity contribution in [3.63, 3.8) is 0 Å². The molecule has 3 N–H and O–H groups in total. The number of carbonyl (C=O) groups is 1. The minimum absolute atomic E-state index is 0.106. The van der Waals surface area contributed by atoms with Crippen LogP contribution in [0.5, 0.6) is 0 Å². The van der Waals surface area contributed by atoms with Crippen molar-refractivity contribution in [2.24, 2.45) is 0 Å². The number of hydrogen-bond donors (Lipinski definition) is 3. The molecule has 1 fully saturated rings. The molecule has 4 aromatic rings. The predicted molar refractivity (Wildman–Crippen MR) is 107 cm³/mol. The maximum Gasteiger partial charge on any atom is 0.317 e. The molecule has 0 bridgehead atoms. The lowest BCUT2D eigenvalue weighted by molar-refractivity contribution is -0.138.